The fourth-order valence-electron chi connectivity index (χ4n) is 1.15. The number of carbonyl (C=O) groups excluding carboxylic acids is 1. The van der Waals surface area contributed by atoms with Crippen LogP contribution < -0.4 is 0 Å². The zero-order valence-corrected chi connectivity index (χ0v) is 9.46. The van der Waals surface area contributed by atoms with Crippen LogP contribution in [-0.2, 0) is 6.18 Å². The van der Waals surface area contributed by atoms with Crippen molar-refractivity contribution >= 4 is 29.0 Å². The molecule has 0 spiro atoms. The summed E-state index contributed by atoms with van der Waals surface area (Å²) in [7, 11) is 0. The lowest BCUT2D eigenvalue weighted by Crippen LogP contribution is -2.08. The summed E-state index contributed by atoms with van der Waals surface area (Å²) in [5.41, 5.74) is -1.04. The normalized spacial score (nSPS) is 11.6. The summed E-state index contributed by atoms with van der Waals surface area (Å²) >= 11 is 10.7. The van der Waals surface area contributed by atoms with E-state index in [2.05, 4.69) is 0 Å². The zero-order valence-electron chi connectivity index (χ0n) is 7.94. The molecule has 0 radical (unpaired) electrons. The molecule has 0 N–H and O–H groups in total. The van der Waals surface area contributed by atoms with Gasteiger partial charge in [-0.15, -0.1) is 11.6 Å². The first kappa shape index (κ1) is 13.3. The molecule has 1 aromatic carbocycles. The molecule has 0 fully saturated rings. The highest BCUT2D eigenvalue weighted by molar-refractivity contribution is 6.31. The molecule has 0 amide bonds. The molecular weight excluding hydrogens is 264 g/mol. The van der Waals surface area contributed by atoms with Crippen molar-refractivity contribution in [1.29, 1.82) is 0 Å². The molecule has 0 aromatic heterocycles. The second kappa shape index (κ2) is 5.06. The van der Waals surface area contributed by atoms with Crippen molar-refractivity contribution in [2.24, 2.45) is 0 Å². The van der Waals surface area contributed by atoms with Crippen LogP contribution in [-0.4, -0.2) is 11.7 Å². The molecule has 0 aliphatic heterocycles. The van der Waals surface area contributed by atoms with Gasteiger partial charge in [0.2, 0.25) is 0 Å². The Bertz CT molecular complexity index is 402. The Labute approximate surface area is 100 Å². The van der Waals surface area contributed by atoms with Crippen molar-refractivity contribution in [3.8, 4) is 0 Å². The molecular formula is C10H7Cl2F3O. The highest BCUT2D eigenvalue weighted by Crippen LogP contribution is 2.35. The van der Waals surface area contributed by atoms with Gasteiger partial charge < -0.3 is 0 Å². The van der Waals surface area contributed by atoms with Crippen LogP contribution in [0.3, 0.4) is 0 Å². The standard InChI is InChI=1S/C10H7Cl2F3O/c11-4-3-9(16)6-1-2-8(12)7(5-6)10(13,14)15/h1-2,5H,3-4H2. The van der Waals surface area contributed by atoms with Gasteiger partial charge >= 0.3 is 6.18 Å². The SMILES string of the molecule is O=C(CCCl)c1ccc(Cl)c(C(F)(F)F)c1. The lowest BCUT2D eigenvalue weighted by atomic mass is 10.1. The van der Waals surface area contributed by atoms with Gasteiger partial charge in [-0.3, -0.25) is 4.79 Å². The van der Waals surface area contributed by atoms with Crippen LogP contribution in [0.2, 0.25) is 5.02 Å². The van der Waals surface area contributed by atoms with Crippen molar-refractivity contribution in [3.05, 3.63) is 34.3 Å². The van der Waals surface area contributed by atoms with Gasteiger partial charge in [0.05, 0.1) is 10.6 Å². The Kier molecular flexibility index (Phi) is 4.21. The summed E-state index contributed by atoms with van der Waals surface area (Å²) in [6, 6.07) is 3.06. The maximum Gasteiger partial charge on any atom is 0.417 e. The molecule has 0 aliphatic rings. The Hall–Kier alpha value is -0.740. The Balaban J connectivity index is 3.13. The molecule has 0 bridgehead atoms. The number of benzene rings is 1. The van der Waals surface area contributed by atoms with Gasteiger partial charge in [-0.05, 0) is 18.2 Å². The zero-order chi connectivity index (χ0) is 12.3. The monoisotopic (exact) mass is 270 g/mol. The summed E-state index contributed by atoms with van der Waals surface area (Å²) in [5.74, 6) is -0.361. The van der Waals surface area contributed by atoms with Crippen LogP contribution in [0.15, 0.2) is 18.2 Å². The van der Waals surface area contributed by atoms with E-state index in [9.17, 15) is 18.0 Å². The van der Waals surface area contributed by atoms with Crippen LogP contribution in [0.25, 0.3) is 0 Å². The molecule has 0 atom stereocenters. The first-order valence-electron chi connectivity index (χ1n) is 4.32. The molecule has 0 saturated carbocycles. The quantitative estimate of drug-likeness (QED) is 0.595. The lowest BCUT2D eigenvalue weighted by Gasteiger charge is -2.10. The largest absolute Gasteiger partial charge is 0.417 e. The second-order valence-electron chi connectivity index (χ2n) is 3.05. The summed E-state index contributed by atoms with van der Waals surface area (Å²) in [4.78, 5) is 11.3. The lowest BCUT2D eigenvalue weighted by molar-refractivity contribution is -0.137. The molecule has 16 heavy (non-hydrogen) atoms. The van der Waals surface area contributed by atoms with E-state index in [1.54, 1.807) is 0 Å². The Morgan fingerprint density at radius 2 is 1.94 bits per heavy atom. The minimum Gasteiger partial charge on any atom is -0.294 e. The van der Waals surface area contributed by atoms with E-state index in [4.69, 9.17) is 23.2 Å². The van der Waals surface area contributed by atoms with E-state index < -0.39 is 22.5 Å². The summed E-state index contributed by atoms with van der Waals surface area (Å²) < 4.78 is 37.4. The van der Waals surface area contributed by atoms with E-state index >= 15 is 0 Å². The van der Waals surface area contributed by atoms with Crippen LogP contribution >= 0.6 is 23.2 Å². The predicted molar refractivity (Wildman–Crippen MR) is 56.1 cm³/mol. The van der Waals surface area contributed by atoms with Gasteiger partial charge in [0.15, 0.2) is 5.78 Å². The van der Waals surface area contributed by atoms with Gasteiger partial charge in [-0.2, -0.15) is 13.2 Å². The third-order valence-corrected chi connectivity index (χ3v) is 2.43. The van der Waals surface area contributed by atoms with Crippen LogP contribution in [0.4, 0.5) is 13.2 Å². The number of rotatable bonds is 3. The minimum absolute atomic E-state index is 0.000481. The number of Topliss-reactive ketones (excluding diaryl/α,β-unsaturated/α-hetero) is 1. The molecule has 0 heterocycles. The number of hydrogen-bond acceptors (Lipinski definition) is 1. The van der Waals surface area contributed by atoms with Gasteiger partial charge in [0.1, 0.15) is 0 Å². The topological polar surface area (TPSA) is 17.1 Å². The summed E-state index contributed by atoms with van der Waals surface area (Å²) in [6.45, 7) is 0. The van der Waals surface area contributed by atoms with Crippen LogP contribution in [0, 0.1) is 0 Å². The van der Waals surface area contributed by atoms with E-state index in [-0.39, 0.29) is 17.9 Å². The maximum absolute atomic E-state index is 12.5. The third-order valence-electron chi connectivity index (χ3n) is 1.92. The second-order valence-corrected chi connectivity index (χ2v) is 3.84. The fourth-order valence-corrected chi connectivity index (χ4v) is 1.54. The average Bonchev–Trinajstić information content (AvgIpc) is 2.16. The number of ketones is 1. The summed E-state index contributed by atoms with van der Waals surface area (Å²) in [6.07, 6.45) is -4.56. The molecule has 6 heteroatoms. The van der Waals surface area contributed by atoms with Crippen LogP contribution in [0.1, 0.15) is 22.3 Å². The van der Waals surface area contributed by atoms with Crippen molar-refractivity contribution < 1.29 is 18.0 Å². The van der Waals surface area contributed by atoms with Gasteiger partial charge in [-0.1, -0.05) is 11.6 Å². The Morgan fingerprint density at radius 1 is 1.31 bits per heavy atom. The van der Waals surface area contributed by atoms with Gasteiger partial charge in [0.25, 0.3) is 0 Å². The van der Waals surface area contributed by atoms with Crippen molar-refractivity contribution in [2.45, 2.75) is 12.6 Å². The molecule has 1 rings (SSSR count). The smallest absolute Gasteiger partial charge is 0.294 e. The average molecular weight is 271 g/mol. The highest BCUT2D eigenvalue weighted by Gasteiger charge is 2.33. The molecule has 1 nitrogen and oxygen atoms in total. The molecule has 0 unspecified atom stereocenters. The minimum atomic E-state index is -4.56. The molecule has 0 aliphatic carbocycles. The number of hydrogen-bond donors (Lipinski definition) is 0. The first-order valence-corrected chi connectivity index (χ1v) is 5.23. The molecule has 1 aromatic rings. The predicted octanol–water partition coefficient (Wildman–Crippen LogP) is 4.17. The number of halogens is 5. The Morgan fingerprint density at radius 3 is 2.44 bits per heavy atom. The molecule has 0 saturated heterocycles. The first-order chi connectivity index (χ1) is 7.36. The maximum atomic E-state index is 12.5. The number of alkyl halides is 4. The molecule has 88 valence electrons. The summed E-state index contributed by atoms with van der Waals surface area (Å²) in [5, 5.41) is -0.421. The fraction of sp³-hybridized carbons (Fsp3) is 0.300. The van der Waals surface area contributed by atoms with E-state index in [1.807, 2.05) is 0 Å². The van der Waals surface area contributed by atoms with Crippen molar-refractivity contribution in [1.82, 2.24) is 0 Å². The highest BCUT2D eigenvalue weighted by atomic mass is 35.5. The van der Waals surface area contributed by atoms with Gasteiger partial charge in [-0.25, -0.2) is 0 Å². The number of carbonyl (C=O) groups is 1. The third kappa shape index (κ3) is 3.12. The van der Waals surface area contributed by atoms with E-state index in [0.717, 1.165) is 12.1 Å². The van der Waals surface area contributed by atoms with Crippen molar-refractivity contribution in [3.63, 3.8) is 0 Å². The van der Waals surface area contributed by atoms with Crippen molar-refractivity contribution in [2.75, 3.05) is 5.88 Å². The van der Waals surface area contributed by atoms with Gasteiger partial charge in [0, 0.05) is 17.9 Å². The van der Waals surface area contributed by atoms with E-state index in [0.29, 0.717) is 0 Å². The van der Waals surface area contributed by atoms with Crippen LogP contribution in [0.5, 0.6) is 0 Å². The van der Waals surface area contributed by atoms with E-state index in [1.165, 1.54) is 6.07 Å².